The molecule has 0 bridgehead atoms. The lowest BCUT2D eigenvalue weighted by atomic mass is 9.90. The van der Waals surface area contributed by atoms with Crippen LogP contribution in [0.4, 0.5) is 0 Å². The van der Waals surface area contributed by atoms with E-state index in [1.54, 1.807) is 6.92 Å². The summed E-state index contributed by atoms with van der Waals surface area (Å²) in [4.78, 5) is 13.4. The predicted molar refractivity (Wildman–Crippen MR) is 60.5 cm³/mol. The van der Waals surface area contributed by atoms with Crippen molar-refractivity contribution in [2.24, 2.45) is 11.8 Å². The van der Waals surface area contributed by atoms with Gasteiger partial charge in [-0.2, -0.15) is 0 Å². The Hall–Kier alpha value is -0.570. The zero-order chi connectivity index (χ0) is 10.8. The predicted octanol–water partition coefficient (Wildman–Crippen LogP) is 1.24. The van der Waals surface area contributed by atoms with Crippen molar-refractivity contribution in [3.05, 3.63) is 0 Å². The van der Waals surface area contributed by atoms with E-state index in [4.69, 9.17) is 0 Å². The van der Waals surface area contributed by atoms with Crippen molar-refractivity contribution in [3.63, 3.8) is 0 Å². The molecule has 1 aliphatic heterocycles. The first-order chi connectivity index (χ1) is 7.19. The molecule has 1 heterocycles. The van der Waals surface area contributed by atoms with E-state index < -0.39 is 0 Å². The third kappa shape index (κ3) is 2.94. The number of hydrogen-bond acceptors (Lipinski definition) is 2. The number of nitrogens with one attached hydrogen (secondary N) is 1. The molecule has 2 rings (SSSR count). The van der Waals surface area contributed by atoms with Crippen molar-refractivity contribution in [2.45, 2.75) is 38.6 Å². The maximum atomic E-state index is 11.4. The Morgan fingerprint density at radius 1 is 1.33 bits per heavy atom. The lowest BCUT2D eigenvalue weighted by molar-refractivity contribution is -0.131. The van der Waals surface area contributed by atoms with Gasteiger partial charge in [-0.15, -0.1) is 0 Å². The van der Waals surface area contributed by atoms with E-state index in [-0.39, 0.29) is 5.91 Å². The Bertz CT molecular complexity index is 238. The minimum Gasteiger partial charge on any atom is -0.341 e. The highest BCUT2D eigenvalue weighted by atomic mass is 16.2. The van der Waals surface area contributed by atoms with E-state index >= 15 is 0 Å². The Morgan fingerprint density at radius 2 is 2.07 bits per heavy atom. The van der Waals surface area contributed by atoms with Gasteiger partial charge in [-0.25, -0.2) is 0 Å². The van der Waals surface area contributed by atoms with Crippen molar-refractivity contribution < 1.29 is 4.79 Å². The summed E-state index contributed by atoms with van der Waals surface area (Å²) < 4.78 is 0. The van der Waals surface area contributed by atoms with Gasteiger partial charge < -0.3 is 10.2 Å². The van der Waals surface area contributed by atoms with Crippen LogP contribution in [-0.2, 0) is 4.79 Å². The highest BCUT2D eigenvalue weighted by Gasteiger charge is 2.32. The summed E-state index contributed by atoms with van der Waals surface area (Å²) in [5, 5.41) is 3.32. The van der Waals surface area contributed by atoms with Gasteiger partial charge in [-0.3, -0.25) is 4.79 Å². The third-order valence-electron chi connectivity index (χ3n) is 3.75. The van der Waals surface area contributed by atoms with Gasteiger partial charge in [0, 0.05) is 26.1 Å². The van der Waals surface area contributed by atoms with Crippen molar-refractivity contribution in [3.8, 4) is 0 Å². The summed E-state index contributed by atoms with van der Waals surface area (Å²) in [6.07, 6.45) is 5.42. The molecule has 1 amide bonds. The molecule has 2 atom stereocenters. The molecular weight excluding hydrogens is 188 g/mol. The molecule has 0 radical (unpaired) electrons. The fourth-order valence-electron chi connectivity index (χ4n) is 2.67. The smallest absolute Gasteiger partial charge is 0.219 e. The van der Waals surface area contributed by atoms with Crippen molar-refractivity contribution >= 4 is 5.91 Å². The van der Waals surface area contributed by atoms with Crippen LogP contribution in [0.3, 0.4) is 0 Å². The largest absolute Gasteiger partial charge is 0.341 e. The molecule has 0 aromatic heterocycles. The van der Waals surface area contributed by atoms with Crippen molar-refractivity contribution in [2.75, 3.05) is 20.1 Å². The standard InChI is InChI=1S/C12H22N2O/c1-9(15)14-7-11(5-10-3-4-10)6-12(8-14)13-2/h10-13H,3-8H2,1-2H3. The number of rotatable bonds is 3. The van der Waals surface area contributed by atoms with Gasteiger partial charge in [0.2, 0.25) is 5.91 Å². The van der Waals surface area contributed by atoms with Gasteiger partial charge >= 0.3 is 0 Å². The third-order valence-corrected chi connectivity index (χ3v) is 3.75. The second-order valence-electron chi connectivity index (χ2n) is 5.19. The fraction of sp³-hybridized carbons (Fsp3) is 0.917. The average molecular weight is 210 g/mol. The zero-order valence-electron chi connectivity index (χ0n) is 9.83. The van der Waals surface area contributed by atoms with E-state index in [2.05, 4.69) is 5.32 Å². The molecule has 2 unspecified atom stereocenters. The molecule has 3 heteroatoms. The van der Waals surface area contributed by atoms with Gasteiger partial charge in [-0.1, -0.05) is 12.8 Å². The number of likely N-dealkylation sites (tertiary alicyclic amines) is 1. The van der Waals surface area contributed by atoms with E-state index in [9.17, 15) is 4.79 Å². The van der Waals surface area contributed by atoms with Crippen LogP contribution >= 0.6 is 0 Å². The molecule has 0 aromatic carbocycles. The highest BCUT2D eigenvalue weighted by Crippen LogP contribution is 2.37. The summed E-state index contributed by atoms with van der Waals surface area (Å²) in [6, 6.07) is 0.506. The summed E-state index contributed by atoms with van der Waals surface area (Å²) in [6.45, 7) is 3.57. The van der Waals surface area contributed by atoms with Gasteiger partial charge in [0.15, 0.2) is 0 Å². The lowest BCUT2D eigenvalue weighted by Gasteiger charge is -2.37. The van der Waals surface area contributed by atoms with Crippen molar-refractivity contribution in [1.82, 2.24) is 10.2 Å². The van der Waals surface area contributed by atoms with Crippen LogP contribution in [0.5, 0.6) is 0 Å². The molecule has 1 aliphatic carbocycles. The van der Waals surface area contributed by atoms with E-state index in [1.807, 2.05) is 11.9 Å². The molecule has 1 saturated heterocycles. The molecule has 15 heavy (non-hydrogen) atoms. The lowest BCUT2D eigenvalue weighted by Crippen LogP contribution is -2.49. The van der Waals surface area contributed by atoms with Crippen LogP contribution in [0.15, 0.2) is 0 Å². The number of nitrogens with zero attached hydrogens (tertiary/aromatic N) is 1. The van der Waals surface area contributed by atoms with Crippen molar-refractivity contribution in [1.29, 1.82) is 0 Å². The Labute approximate surface area is 92.2 Å². The Morgan fingerprint density at radius 3 is 2.60 bits per heavy atom. The first-order valence-electron chi connectivity index (χ1n) is 6.11. The zero-order valence-corrected chi connectivity index (χ0v) is 9.83. The minimum atomic E-state index is 0.232. The number of carbonyl (C=O) groups excluding carboxylic acids is 1. The Kier molecular flexibility index (Phi) is 3.29. The van der Waals surface area contributed by atoms with Crippen LogP contribution in [0, 0.1) is 11.8 Å². The van der Waals surface area contributed by atoms with Gasteiger partial charge in [0.05, 0.1) is 0 Å². The van der Waals surface area contributed by atoms with Crippen LogP contribution in [0.25, 0.3) is 0 Å². The molecule has 2 aliphatic rings. The molecular formula is C12H22N2O. The maximum Gasteiger partial charge on any atom is 0.219 e. The molecule has 1 N–H and O–H groups in total. The monoisotopic (exact) mass is 210 g/mol. The number of carbonyl (C=O) groups is 1. The highest BCUT2D eigenvalue weighted by molar-refractivity contribution is 5.73. The van der Waals surface area contributed by atoms with Crippen LogP contribution in [0.1, 0.15) is 32.6 Å². The SMILES string of the molecule is CNC1CC(CC2CC2)CN(C(C)=O)C1. The van der Waals surface area contributed by atoms with E-state index in [0.29, 0.717) is 6.04 Å². The Balaban J connectivity index is 1.89. The number of amides is 1. The number of piperidine rings is 1. The number of hydrogen-bond donors (Lipinski definition) is 1. The summed E-state index contributed by atoms with van der Waals surface area (Å²) in [7, 11) is 2.00. The van der Waals surface area contributed by atoms with Crippen LogP contribution in [0.2, 0.25) is 0 Å². The van der Waals surface area contributed by atoms with Crippen LogP contribution in [-0.4, -0.2) is 37.0 Å². The van der Waals surface area contributed by atoms with Gasteiger partial charge in [0.1, 0.15) is 0 Å². The summed E-state index contributed by atoms with van der Waals surface area (Å²) in [5.74, 6) is 1.93. The maximum absolute atomic E-state index is 11.4. The molecule has 3 nitrogen and oxygen atoms in total. The van der Waals surface area contributed by atoms with E-state index in [0.717, 1.165) is 24.9 Å². The topological polar surface area (TPSA) is 32.3 Å². The van der Waals surface area contributed by atoms with E-state index in [1.165, 1.54) is 25.7 Å². The minimum absolute atomic E-state index is 0.232. The molecule has 1 saturated carbocycles. The first-order valence-corrected chi connectivity index (χ1v) is 6.11. The first kappa shape index (κ1) is 10.9. The second-order valence-corrected chi connectivity index (χ2v) is 5.19. The van der Waals surface area contributed by atoms with Crippen LogP contribution < -0.4 is 5.32 Å². The quantitative estimate of drug-likeness (QED) is 0.760. The normalized spacial score (nSPS) is 31.7. The molecule has 0 spiro atoms. The number of likely N-dealkylation sites (N-methyl/N-ethyl adjacent to an activating group) is 1. The van der Waals surface area contributed by atoms with Gasteiger partial charge in [0.25, 0.3) is 0 Å². The summed E-state index contributed by atoms with van der Waals surface area (Å²) >= 11 is 0. The molecule has 86 valence electrons. The molecule has 0 aromatic rings. The average Bonchev–Trinajstić information content (AvgIpc) is 3.01. The summed E-state index contributed by atoms with van der Waals surface area (Å²) in [5.41, 5.74) is 0. The fourth-order valence-corrected chi connectivity index (χ4v) is 2.67. The van der Waals surface area contributed by atoms with Gasteiger partial charge in [-0.05, 0) is 31.7 Å². The second kappa shape index (κ2) is 4.52. The molecule has 2 fully saturated rings.